The van der Waals surface area contributed by atoms with E-state index in [1.54, 1.807) is 18.2 Å². The van der Waals surface area contributed by atoms with E-state index in [-0.39, 0.29) is 17.7 Å². The first kappa shape index (κ1) is 25.9. The second-order valence-corrected chi connectivity index (χ2v) is 9.88. The summed E-state index contributed by atoms with van der Waals surface area (Å²) in [6.45, 7) is 8.54. The number of nitrogens with one attached hydrogen (secondary N) is 1. The molecule has 1 saturated heterocycles. The third-order valence-electron chi connectivity index (χ3n) is 6.20. The molecule has 0 bridgehead atoms. The Kier molecular flexibility index (Phi) is 8.07. The average Bonchev–Trinajstić information content (AvgIpc) is 3.33. The van der Waals surface area contributed by atoms with Gasteiger partial charge in [0.25, 0.3) is 0 Å². The van der Waals surface area contributed by atoms with Crippen LogP contribution in [0.3, 0.4) is 0 Å². The van der Waals surface area contributed by atoms with E-state index in [9.17, 15) is 9.59 Å². The summed E-state index contributed by atoms with van der Waals surface area (Å²) in [5.41, 5.74) is 3.34. The number of piperazine rings is 1. The Morgan fingerprint density at radius 3 is 2.44 bits per heavy atom. The number of nitrogens with zero attached hydrogens (tertiary/aromatic N) is 2. The molecule has 2 amide bonds. The summed E-state index contributed by atoms with van der Waals surface area (Å²) in [6, 6.07) is 14.8. The number of benzene rings is 2. The van der Waals surface area contributed by atoms with Crippen LogP contribution in [0.5, 0.6) is 0 Å². The van der Waals surface area contributed by atoms with E-state index in [4.69, 9.17) is 27.6 Å². The van der Waals surface area contributed by atoms with E-state index in [0.29, 0.717) is 53.4 Å². The van der Waals surface area contributed by atoms with Crippen molar-refractivity contribution in [2.24, 2.45) is 5.92 Å². The molecule has 1 N–H and O–H groups in total. The summed E-state index contributed by atoms with van der Waals surface area (Å²) in [4.78, 5) is 28.7. The Morgan fingerprint density at radius 2 is 1.75 bits per heavy atom. The van der Waals surface area contributed by atoms with Crippen molar-refractivity contribution < 1.29 is 14.0 Å². The minimum atomic E-state index is -0.295. The summed E-state index contributed by atoms with van der Waals surface area (Å²) < 4.78 is 5.87. The summed E-state index contributed by atoms with van der Waals surface area (Å²) >= 11 is 12.7. The van der Waals surface area contributed by atoms with Crippen LogP contribution < -0.4 is 10.2 Å². The largest absolute Gasteiger partial charge is 0.457 e. The molecule has 1 aromatic heterocycles. The molecule has 36 heavy (non-hydrogen) atoms. The molecular formula is C28H29Cl2N3O3. The maximum atomic E-state index is 12.5. The van der Waals surface area contributed by atoms with Crippen molar-refractivity contribution in [1.82, 2.24) is 4.90 Å². The Hall–Kier alpha value is -3.22. The van der Waals surface area contributed by atoms with Gasteiger partial charge >= 0.3 is 0 Å². The number of anilines is 2. The lowest BCUT2D eigenvalue weighted by atomic mass is 10.1. The summed E-state index contributed by atoms with van der Waals surface area (Å²) in [5.74, 6) is 1.13. The Balaban J connectivity index is 1.35. The van der Waals surface area contributed by atoms with Crippen molar-refractivity contribution >= 4 is 52.5 Å². The first-order valence-electron chi connectivity index (χ1n) is 11.9. The second kappa shape index (κ2) is 11.2. The molecule has 3 aromatic rings. The third kappa shape index (κ3) is 5.94. The fourth-order valence-corrected chi connectivity index (χ4v) is 4.65. The molecule has 0 radical (unpaired) electrons. The summed E-state index contributed by atoms with van der Waals surface area (Å²) in [6.07, 6.45) is 3.03. The van der Waals surface area contributed by atoms with Crippen LogP contribution >= 0.6 is 23.2 Å². The Labute approximate surface area is 221 Å². The van der Waals surface area contributed by atoms with Crippen molar-refractivity contribution in [3.8, 4) is 11.3 Å². The average molecular weight is 526 g/mol. The van der Waals surface area contributed by atoms with Crippen molar-refractivity contribution in [2.45, 2.75) is 20.8 Å². The molecule has 6 nitrogen and oxygen atoms in total. The molecule has 1 aliphatic rings. The lowest BCUT2D eigenvalue weighted by Crippen LogP contribution is -2.50. The van der Waals surface area contributed by atoms with Crippen molar-refractivity contribution in [3.05, 3.63) is 76.0 Å². The van der Waals surface area contributed by atoms with E-state index in [0.717, 1.165) is 16.8 Å². The van der Waals surface area contributed by atoms with Gasteiger partial charge in [-0.3, -0.25) is 9.59 Å². The van der Waals surface area contributed by atoms with Gasteiger partial charge in [0.05, 0.1) is 10.7 Å². The van der Waals surface area contributed by atoms with Crippen LogP contribution in [0.15, 0.2) is 59.0 Å². The highest BCUT2D eigenvalue weighted by Crippen LogP contribution is 2.31. The smallest absolute Gasteiger partial charge is 0.248 e. The number of hydrogen-bond donors (Lipinski definition) is 1. The van der Waals surface area contributed by atoms with Gasteiger partial charge in [0, 0.05) is 54.4 Å². The lowest BCUT2D eigenvalue weighted by molar-refractivity contribution is -0.134. The zero-order chi connectivity index (χ0) is 25.8. The summed E-state index contributed by atoms with van der Waals surface area (Å²) in [5, 5.41) is 4.06. The van der Waals surface area contributed by atoms with Crippen LogP contribution in [0.25, 0.3) is 17.4 Å². The lowest BCUT2D eigenvalue weighted by Gasteiger charge is -2.37. The van der Waals surface area contributed by atoms with Crippen LogP contribution in [-0.2, 0) is 9.59 Å². The van der Waals surface area contributed by atoms with E-state index in [1.807, 2.05) is 62.1 Å². The Bertz CT molecular complexity index is 1290. The molecule has 0 unspecified atom stereocenters. The van der Waals surface area contributed by atoms with Gasteiger partial charge in [-0.25, -0.2) is 0 Å². The van der Waals surface area contributed by atoms with Gasteiger partial charge in [0.15, 0.2) is 0 Å². The topological polar surface area (TPSA) is 65.8 Å². The highest BCUT2D eigenvalue weighted by molar-refractivity contribution is 6.33. The van der Waals surface area contributed by atoms with Gasteiger partial charge in [-0.2, -0.15) is 0 Å². The van der Waals surface area contributed by atoms with Crippen molar-refractivity contribution in [2.75, 3.05) is 36.4 Å². The fraction of sp³-hybridized carbons (Fsp3) is 0.286. The minimum Gasteiger partial charge on any atom is -0.457 e. The first-order valence-corrected chi connectivity index (χ1v) is 12.7. The highest BCUT2D eigenvalue weighted by Gasteiger charge is 2.24. The molecule has 2 heterocycles. The van der Waals surface area contributed by atoms with Gasteiger partial charge in [-0.1, -0.05) is 49.2 Å². The highest BCUT2D eigenvalue weighted by atomic mass is 35.5. The number of hydrogen-bond acceptors (Lipinski definition) is 4. The third-order valence-corrected chi connectivity index (χ3v) is 6.91. The Morgan fingerprint density at radius 1 is 1.00 bits per heavy atom. The fourth-order valence-electron chi connectivity index (χ4n) is 4.18. The molecule has 8 heteroatoms. The molecule has 1 fully saturated rings. The molecule has 0 atom stereocenters. The van der Waals surface area contributed by atoms with E-state index >= 15 is 0 Å². The SMILES string of the molecule is Cc1c(Cl)cccc1-c1ccc(/C=C/C(=O)Nc2ccc(N3CCN(C(=O)C(C)C)CC3)c(Cl)c2)o1. The number of halogens is 2. The predicted molar refractivity (Wildman–Crippen MR) is 147 cm³/mol. The molecule has 0 spiro atoms. The number of carbonyl (C=O) groups excluding carboxylic acids is 2. The van der Waals surface area contributed by atoms with Crippen LogP contribution in [0, 0.1) is 12.8 Å². The monoisotopic (exact) mass is 525 g/mol. The molecule has 0 aliphatic carbocycles. The molecule has 4 rings (SSSR count). The molecule has 0 saturated carbocycles. The standard InChI is InChI=1S/C28H29Cl2N3O3/c1-18(2)28(35)33-15-13-32(14-16-33)25-10-7-20(17-24(25)30)31-27(34)12-9-21-8-11-26(36-21)22-5-4-6-23(29)19(22)3/h4-12,17-18H,13-16H2,1-3H3,(H,31,34)/b12-9+. The molecular weight excluding hydrogens is 497 g/mol. The maximum Gasteiger partial charge on any atom is 0.248 e. The van der Waals surface area contributed by atoms with Gasteiger partial charge in [0.2, 0.25) is 11.8 Å². The van der Waals surface area contributed by atoms with Crippen LogP contribution in [0.1, 0.15) is 25.2 Å². The number of amides is 2. The number of furan rings is 1. The first-order chi connectivity index (χ1) is 17.2. The second-order valence-electron chi connectivity index (χ2n) is 9.07. The van der Waals surface area contributed by atoms with Crippen molar-refractivity contribution in [3.63, 3.8) is 0 Å². The maximum absolute atomic E-state index is 12.5. The van der Waals surface area contributed by atoms with Crippen LogP contribution in [0.4, 0.5) is 11.4 Å². The number of rotatable bonds is 6. The van der Waals surface area contributed by atoms with Gasteiger partial charge < -0.3 is 19.5 Å². The van der Waals surface area contributed by atoms with Gasteiger partial charge in [-0.15, -0.1) is 0 Å². The zero-order valence-corrected chi connectivity index (χ0v) is 22.1. The zero-order valence-electron chi connectivity index (χ0n) is 20.6. The van der Waals surface area contributed by atoms with Crippen molar-refractivity contribution in [1.29, 1.82) is 0 Å². The number of carbonyl (C=O) groups is 2. The molecule has 1 aliphatic heterocycles. The molecule has 188 valence electrons. The van der Waals surface area contributed by atoms with Gasteiger partial charge in [0.1, 0.15) is 11.5 Å². The van der Waals surface area contributed by atoms with E-state index in [2.05, 4.69) is 10.2 Å². The summed E-state index contributed by atoms with van der Waals surface area (Å²) in [7, 11) is 0. The normalized spacial score (nSPS) is 14.1. The molecule has 2 aromatic carbocycles. The predicted octanol–water partition coefficient (Wildman–Crippen LogP) is 6.52. The van der Waals surface area contributed by atoms with Gasteiger partial charge in [-0.05, 0) is 55.0 Å². The van der Waals surface area contributed by atoms with E-state index < -0.39 is 0 Å². The minimum absolute atomic E-state index is 0.000857. The van der Waals surface area contributed by atoms with Crippen LogP contribution in [0.2, 0.25) is 10.0 Å². The van der Waals surface area contributed by atoms with Crippen LogP contribution in [-0.4, -0.2) is 42.9 Å². The quantitative estimate of drug-likeness (QED) is 0.372. The van der Waals surface area contributed by atoms with E-state index in [1.165, 1.54) is 6.08 Å².